The summed E-state index contributed by atoms with van der Waals surface area (Å²) in [6.07, 6.45) is 0.739. The monoisotopic (exact) mass is 185 g/mol. The number of rotatable bonds is 2. The lowest BCUT2D eigenvalue weighted by atomic mass is 10.2. The van der Waals surface area contributed by atoms with Gasteiger partial charge in [0.15, 0.2) is 0 Å². The van der Waals surface area contributed by atoms with E-state index in [0.717, 1.165) is 6.42 Å². The fourth-order valence-corrected chi connectivity index (χ4v) is 1.16. The third-order valence-electron chi connectivity index (χ3n) is 1.83. The van der Waals surface area contributed by atoms with Crippen LogP contribution in [-0.4, -0.2) is 30.1 Å². The van der Waals surface area contributed by atoms with Gasteiger partial charge in [-0.05, 0) is 12.3 Å². The van der Waals surface area contributed by atoms with Crippen LogP contribution in [0.25, 0.3) is 0 Å². The summed E-state index contributed by atoms with van der Waals surface area (Å²) in [5.74, 6) is 0.190. The van der Waals surface area contributed by atoms with Crippen molar-refractivity contribution in [1.82, 2.24) is 4.90 Å². The summed E-state index contributed by atoms with van der Waals surface area (Å²) in [6, 6.07) is 0. The fourth-order valence-electron chi connectivity index (χ4n) is 1.16. The topological polar surface area (TPSA) is 46.6 Å². The van der Waals surface area contributed by atoms with E-state index in [1.165, 1.54) is 4.90 Å². The summed E-state index contributed by atoms with van der Waals surface area (Å²) >= 11 is 0. The molecule has 1 saturated heterocycles. The molecule has 0 spiro atoms. The standard InChI is InChI=1S/C9H15NO3/c1-7(2)6-13-9(12)10-5-3-4-8(10)11/h7H,3-6H2,1-2H3. The van der Waals surface area contributed by atoms with Crippen LogP contribution < -0.4 is 0 Å². The van der Waals surface area contributed by atoms with Crippen LogP contribution in [0.2, 0.25) is 0 Å². The molecule has 13 heavy (non-hydrogen) atoms. The molecular weight excluding hydrogens is 170 g/mol. The maximum atomic E-state index is 11.2. The average Bonchev–Trinajstić information content (AvgIpc) is 2.47. The summed E-state index contributed by atoms with van der Waals surface area (Å²) in [4.78, 5) is 23.5. The van der Waals surface area contributed by atoms with Crippen LogP contribution >= 0.6 is 0 Å². The molecule has 0 radical (unpaired) electrons. The normalized spacial score (nSPS) is 16.8. The van der Waals surface area contributed by atoms with Gasteiger partial charge in [0.05, 0.1) is 6.61 Å². The maximum absolute atomic E-state index is 11.2. The van der Waals surface area contributed by atoms with Crippen LogP contribution in [0.1, 0.15) is 26.7 Å². The summed E-state index contributed by atoms with van der Waals surface area (Å²) in [7, 11) is 0. The highest BCUT2D eigenvalue weighted by Crippen LogP contribution is 2.11. The van der Waals surface area contributed by atoms with Crippen molar-refractivity contribution >= 4 is 12.0 Å². The molecule has 4 heteroatoms. The van der Waals surface area contributed by atoms with E-state index < -0.39 is 6.09 Å². The minimum absolute atomic E-state index is 0.117. The van der Waals surface area contributed by atoms with Gasteiger partial charge in [-0.3, -0.25) is 4.79 Å². The molecule has 0 aromatic heterocycles. The van der Waals surface area contributed by atoms with Gasteiger partial charge in [0.2, 0.25) is 5.91 Å². The van der Waals surface area contributed by atoms with Gasteiger partial charge < -0.3 is 4.74 Å². The number of carbonyl (C=O) groups excluding carboxylic acids is 2. The van der Waals surface area contributed by atoms with Crippen LogP contribution in [0, 0.1) is 5.92 Å². The number of amides is 2. The number of hydrogen-bond acceptors (Lipinski definition) is 3. The van der Waals surface area contributed by atoms with E-state index in [1.807, 2.05) is 13.8 Å². The van der Waals surface area contributed by atoms with Gasteiger partial charge in [0.1, 0.15) is 0 Å². The third kappa shape index (κ3) is 2.72. The number of likely N-dealkylation sites (tertiary alicyclic amines) is 1. The molecule has 1 rings (SSSR count). The van der Waals surface area contributed by atoms with Crippen molar-refractivity contribution < 1.29 is 14.3 Å². The van der Waals surface area contributed by atoms with Crippen LogP contribution in [0.3, 0.4) is 0 Å². The number of imide groups is 1. The largest absolute Gasteiger partial charge is 0.449 e. The van der Waals surface area contributed by atoms with Crippen molar-refractivity contribution in [2.24, 2.45) is 5.92 Å². The molecule has 1 fully saturated rings. The van der Waals surface area contributed by atoms with E-state index in [1.54, 1.807) is 0 Å². The Morgan fingerprint density at radius 2 is 2.31 bits per heavy atom. The summed E-state index contributed by atoms with van der Waals surface area (Å²) in [5, 5.41) is 0. The lowest BCUT2D eigenvalue weighted by molar-refractivity contribution is -0.126. The molecule has 1 heterocycles. The minimum Gasteiger partial charge on any atom is -0.449 e. The van der Waals surface area contributed by atoms with Crippen molar-refractivity contribution in [3.05, 3.63) is 0 Å². The van der Waals surface area contributed by atoms with Gasteiger partial charge in [0.25, 0.3) is 0 Å². The van der Waals surface area contributed by atoms with Crippen LogP contribution in [0.5, 0.6) is 0 Å². The van der Waals surface area contributed by atoms with Crippen LogP contribution in [-0.2, 0) is 9.53 Å². The van der Waals surface area contributed by atoms with Crippen molar-refractivity contribution in [1.29, 1.82) is 0 Å². The second-order valence-electron chi connectivity index (χ2n) is 3.62. The van der Waals surface area contributed by atoms with E-state index in [-0.39, 0.29) is 5.91 Å². The molecule has 0 saturated carbocycles. The predicted octanol–water partition coefficient (Wildman–Crippen LogP) is 1.40. The number of ether oxygens (including phenoxy) is 1. The Morgan fingerprint density at radius 1 is 1.62 bits per heavy atom. The highest BCUT2D eigenvalue weighted by molar-refractivity contribution is 5.93. The van der Waals surface area contributed by atoms with Gasteiger partial charge in [0, 0.05) is 13.0 Å². The minimum atomic E-state index is -0.490. The molecule has 0 atom stereocenters. The molecule has 1 aliphatic heterocycles. The maximum Gasteiger partial charge on any atom is 0.416 e. The van der Waals surface area contributed by atoms with E-state index in [0.29, 0.717) is 25.5 Å². The molecule has 2 amide bonds. The Balaban J connectivity index is 2.34. The Bertz CT molecular complexity index is 213. The zero-order valence-electron chi connectivity index (χ0n) is 8.08. The van der Waals surface area contributed by atoms with Gasteiger partial charge >= 0.3 is 6.09 Å². The Labute approximate surface area is 77.8 Å². The van der Waals surface area contributed by atoms with Crippen molar-refractivity contribution in [2.75, 3.05) is 13.2 Å². The average molecular weight is 185 g/mol. The first-order valence-corrected chi connectivity index (χ1v) is 4.58. The number of carbonyl (C=O) groups is 2. The Morgan fingerprint density at radius 3 is 2.77 bits per heavy atom. The lowest BCUT2D eigenvalue weighted by Crippen LogP contribution is -2.33. The SMILES string of the molecule is CC(C)COC(=O)N1CCCC1=O. The van der Waals surface area contributed by atoms with Gasteiger partial charge in [-0.25, -0.2) is 9.69 Å². The Kier molecular flexibility index (Phi) is 3.28. The van der Waals surface area contributed by atoms with Crippen molar-refractivity contribution in [2.45, 2.75) is 26.7 Å². The molecule has 4 nitrogen and oxygen atoms in total. The first kappa shape index (κ1) is 10.0. The third-order valence-corrected chi connectivity index (χ3v) is 1.83. The van der Waals surface area contributed by atoms with E-state index in [4.69, 9.17) is 4.74 Å². The molecule has 0 aromatic rings. The van der Waals surface area contributed by atoms with Gasteiger partial charge in [-0.2, -0.15) is 0 Å². The van der Waals surface area contributed by atoms with Crippen LogP contribution in [0.15, 0.2) is 0 Å². The fraction of sp³-hybridized carbons (Fsp3) is 0.778. The van der Waals surface area contributed by atoms with Crippen molar-refractivity contribution in [3.8, 4) is 0 Å². The summed E-state index contributed by atoms with van der Waals surface area (Å²) in [6.45, 7) is 4.80. The number of nitrogens with zero attached hydrogens (tertiary/aromatic N) is 1. The van der Waals surface area contributed by atoms with Gasteiger partial charge in [-0.1, -0.05) is 13.8 Å². The Hall–Kier alpha value is -1.06. The molecule has 74 valence electrons. The molecular formula is C9H15NO3. The molecule has 0 N–H and O–H groups in total. The van der Waals surface area contributed by atoms with E-state index in [2.05, 4.69) is 0 Å². The second kappa shape index (κ2) is 4.25. The zero-order valence-corrected chi connectivity index (χ0v) is 8.08. The highest BCUT2D eigenvalue weighted by Gasteiger charge is 2.27. The van der Waals surface area contributed by atoms with E-state index in [9.17, 15) is 9.59 Å². The quantitative estimate of drug-likeness (QED) is 0.653. The molecule has 0 aromatic carbocycles. The summed E-state index contributed by atoms with van der Waals surface area (Å²) in [5.41, 5.74) is 0. The van der Waals surface area contributed by atoms with Gasteiger partial charge in [-0.15, -0.1) is 0 Å². The first-order valence-electron chi connectivity index (χ1n) is 4.58. The highest BCUT2D eigenvalue weighted by atomic mass is 16.6. The smallest absolute Gasteiger partial charge is 0.416 e. The first-order chi connectivity index (χ1) is 6.11. The molecule has 0 bridgehead atoms. The van der Waals surface area contributed by atoms with Crippen molar-refractivity contribution in [3.63, 3.8) is 0 Å². The summed E-state index contributed by atoms with van der Waals surface area (Å²) < 4.78 is 4.92. The second-order valence-corrected chi connectivity index (χ2v) is 3.62. The lowest BCUT2D eigenvalue weighted by Gasteiger charge is -2.14. The predicted molar refractivity (Wildman–Crippen MR) is 47.1 cm³/mol. The molecule has 0 unspecified atom stereocenters. The zero-order chi connectivity index (χ0) is 9.84. The van der Waals surface area contributed by atoms with E-state index >= 15 is 0 Å². The number of hydrogen-bond donors (Lipinski definition) is 0. The molecule has 0 aliphatic carbocycles. The van der Waals surface area contributed by atoms with Crippen LogP contribution in [0.4, 0.5) is 4.79 Å². The molecule has 1 aliphatic rings.